The van der Waals surface area contributed by atoms with E-state index in [0.29, 0.717) is 33.3 Å². The van der Waals surface area contributed by atoms with Gasteiger partial charge in [0.05, 0.1) is 10.6 Å². The quantitative estimate of drug-likeness (QED) is 0.160. The fourth-order valence-corrected chi connectivity index (χ4v) is 7.18. The number of halogens is 2. The van der Waals surface area contributed by atoms with Crippen LogP contribution >= 0.6 is 23.2 Å². The van der Waals surface area contributed by atoms with Crippen molar-refractivity contribution in [3.05, 3.63) is 129 Å². The Morgan fingerprint density at radius 1 is 0.848 bits per heavy atom. The number of nitrogens with zero attached hydrogens (tertiary/aromatic N) is 2. The molecule has 4 aromatic rings. The molecular formula is C36H39Cl2N3O4S. The maximum absolute atomic E-state index is 14.7. The number of carbonyl (C=O) groups is 2. The summed E-state index contributed by atoms with van der Waals surface area (Å²) in [4.78, 5) is 30.1. The van der Waals surface area contributed by atoms with Crippen LogP contribution in [0.3, 0.4) is 0 Å². The lowest BCUT2D eigenvalue weighted by Gasteiger charge is -2.35. The van der Waals surface area contributed by atoms with Crippen LogP contribution in [0.2, 0.25) is 10.0 Å². The molecule has 0 saturated carbocycles. The Bertz CT molecular complexity index is 1750. The molecule has 4 aromatic carbocycles. The summed E-state index contributed by atoms with van der Waals surface area (Å²) in [5, 5.41) is 3.68. The predicted molar refractivity (Wildman–Crippen MR) is 186 cm³/mol. The van der Waals surface area contributed by atoms with Crippen molar-refractivity contribution in [3.8, 4) is 0 Å². The van der Waals surface area contributed by atoms with Crippen molar-refractivity contribution in [1.29, 1.82) is 0 Å². The van der Waals surface area contributed by atoms with Crippen LogP contribution in [-0.2, 0) is 32.6 Å². The fourth-order valence-electron chi connectivity index (χ4n) is 5.17. The first-order valence-corrected chi connectivity index (χ1v) is 17.3. The largest absolute Gasteiger partial charge is 0.352 e. The lowest BCUT2D eigenvalue weighted by Crippen LogP contribution is -2.54. The van der Waals surface area contributed by atoms with Gasteiger partial charge in [-0.25, -0.2) is 8.42 Å². The molecule has 10 heteroatoms. The van der Waals surface area contributed by atoms with Gasteiger partial charge in [0.2, 0.25) is 11.8 Å². The third-order valence-corrected chi connectivity index (χ3v) is 10.4. The number of nitrogens with one attached hydrogen (secondary N) is 1. The van der Waals surface area contributed by atoms with Gasteiger partial charge in [-0.3, -0.25) is 13.9 Å². The standard InChI is InChI=1S/C36H39Cl2N3O4S/c1-5-27(4)39-36(43)34(22-28-13-8-6-9-14-28)40(23-30-31(37)17-12-18-32(30)38)35(42)24-41(33-20-19-25(2)21-26(33)3)46(44,45)29-15-10-7-11-16-29/h6-21,27,34H,5,22-24H2,1-4H3,(H,39,43). The van der Waals surface area contributed by atoms with Crippen LogP contribution < -0.4 is 9.62 Å². The molecule has 4 rings (SSSR count). The highest BCUT2D eigenvalue weighted by Gasteiger charge is 2.36. The van der Waals surface area contributed by atoms with Gasteiger partial charge in [-0.2, -0.15) is 0 Å². The van der Waals surface area contributed by atoms with Gasteiger partial charge in [0.1, 0.15) is 12.6 Å². The number of sulfonamides is 1. The molecule has 2 atom stereocenters. The lowest BCUT2D eigenvalue weighted by molar-refractivity contribution is -0.140. The van der Waals surface area contributed by atoms with Gasteiger partial charge in [0.25, 0.3) is 10.0 Å². The van der Waals surface area contributed by atoms with Gasteiger partial charge in [0, 0.05) is 34.6 Å². The molecule has 7 nitrogen and oxygen atoms in total. The molecule has 0 spiro atoms. The lowest BCUT2D eigenvalue weighted by atomic mass is 10.0. The van der Waals surface area contributed by atoms with Crippen LogP contribution in [0.15, 0.2) is 102 Å². The summed E-state index contributed by atoms with van der Waals surface area (Å²) in [5.41, 5.74) is 3.28. The summed E-state index contributed by atoms with van der Waals surface area (Å²) >= 11 is 13.2. The number of anilines is 1. The summed E-state index contributed by atoms with van der Waals surface area (Å²) < 4.78 is 29.5. The van der Waals surface area contributed by atoms with Crippen molar-refractivity contribution in [1.82, 2.24) is 10.2 Å². The van der Waals surface area contributed by atoms with Crippen LogP contribution in [0.4, 0.5) is 5.69 Å². The average molecular weight is 681 g/mol. The molecule has 2 unspecified atom stereocenters. The molecule has 0 radical (unpaired) electrons. The highest BCUT2D eigenvalue weighted by atomic mass is 35.5. The van der Waals surface area contributed by atoms with Crippen molar-refractivity contribution in [2.75, 3.05) is 10.8 Å². The summed E-state index contributed by atoms with van der Waals surface area (Å²) in [6, 6.07) is 26.6. The minimum atomic E-state index is -4.20. The summed E-state index contributed by atoms with van der Waals surface area (Å²) in [6.45, 7) is 6.89. The summed E-state index contributed by atoms with van der Waals surface area (Å²) in [6.07, 6.45) is 0.871. The number of carbonyl (C=O) groups excluding carboxylic acids is 2. The molecule has 0 saturated heterocycles. The second kappa shape index (κ2) is 15.6. The molecule has 242 valence electrons. The smallest absolute Gasteiger partial charge is 0.264 e. The first kappa shape index (κ1) is 35.0. The molecule has 46 heavy (non-hydrogen) atoms. The highest BCUT2D eigenvalue weighted by molar-refractivity contribution is 7.92. The normalized spacial score (nSPS) is 12.7. The Morgan fingerprint density at radius 2 is 1.46 bits per heavy atom. The van der Waals surface area contributed by atoms with E-state index in [1.807, 2.05) is 57.2 Å². The average Bonchev–Trinajstić information content (AvgIpc) is 3.03. The molecule has 0 aliphatic heterocycles. The van der Waals surface area contributed by atoms with Crippen molar-refractivity contribution in [2.24, 2.45) is 0 Å². The van der Waals surface area contributed by atoms with E-state index in [1.54, 1.807) is 55.5 Å². The SMILES string of the molecule is CCC(C)NC(=O)C(Cc1ccccc1)N(Cc1c(Cl)cccc1Cl)C(=O)CN(c1ccc(C)cc1C)S(=O)(=O)c1ccccc1. The Hall–Kier alpha value is -3.85. The maximum Gasteiger partial charge on any atom is 0.264 e. The first-order chi connectivity index (χ1) is 21.9. The zero-order chi connectivity index (χ0) is 33.4. The van der Waals surface area contributed by atoms with Gasteiger partial charge in [-0.05, 0) is 68.7 Å². The van der Waals surface area contributed by atoms with Crippen molar-refractivity contribution in [2.45, 2.75) is 64.1 Å². The van der Waals surface area contributed by atoms with E-state index in [4.69, 9.17) is 23.2 Å². The van der Waals surface area contributed by atoms with E-state index < -0.39 is 28.5 Å². The predicted octanol–water partition coefficient (Wildman–Crippen LogP) is 7.36. The van der Waals surface area contributed by atoms with E-state index in [9.17, 15) is 18.0 Å². The monoisotopic (exact) mass is 679 g/mol. The molecule has 1 N–H and O–H groups in total. The Kier molecular flexibility index (Phi) is 11.9. The van der Waals surface area contributed by atoms with Gasteiger partial charge >= 0.3 is 0 Å². The van der Waals surface area contributed by atoms with Crippen LogP contribution in [0, 0.1) is 13.8 Å². The third-order valence-electron chi connectivity index (χ3n) is 7.89. The molecule has 2 amide bonds. The van der Waals surface area contributed by atoms with Gasteiger partial charge in [-0.15, -0.1) is 0 Å². The van der Waals surface area contributed by atoms with E-state index in [0.717, 1.165) is 15.4 Å². The van der Waals surface area contributed by atoms with Crippen LogP contribution in [0.5, 0.6) is 0 Å². The van der Waals surface area contributed by atoms with Crippen molar-refractivity contribution < 1.29 is 18.0 Å². The zero-order valence-electron chi connectivity index (χ0n) is 26.4. The molecule has 0 aliphatic carbocycles. The Labute approximate surface area is 282 Å². The summed E-state index contributed by atoms with van der Waals surface area (Å²) in [5.74, 6) is -0.950. The second-order valence-electron chi connectivity index (χ2n) is 11.4. The van der Waals surface area contributed by atoms with Crippen molar-refractivity contribution in [3.63, 3.8) is 0 Å². The van der Waals surface area contributed by atoms with E-state index in [1.165, 1.54) is 17.0 Å². The van der Waals surface area contributed by atoms with Gasteiger partial charge in [0.15, 0.2) is 0 Å². The highest BCUT2D eigenvalue weighted by Crippen LogP contribution is 2.30. The summed E-state index contributed by atoms with van der Waals surface area (Å²) in [7, 11) is -4.20. The molecule has 0 fully saturated rings. The number of hydrogen-bond acceptors (Lipinski definition) is 4. The maximum atomic E-state index is 14.7. The van der Waals surface area contributed by atoms with E-state index >= 15 is 0 Å². The van der Waals surface area contributed by atoms with Crippen LogP contribution in [-0.4, -0.2) is 43.8 Å². The molecule has 0 heterocycles. The molecular weight excluding hydrogens is 641 g/mol. The van der Waals surface area contributed by atoms with E-state index in [-0.39, 0.29) is 29.8 Å². The Balaban J connectivity index is 1.86. The number of hydrogen-bond donors (Lipinski definition) is 1. The van der Waals surface area contributed by atoms with Crippen LogP contribution in [0.25, 0.3) is 0 Å². The second-order valence-corrected chi connectivity index (χ2v) is 14.0. The minimum absolute atomic E-state index is 0.0406. The minimum Gasteiger partial charge on any atom is -0.352 e. The fraction of sp³-hybridized carbons (Fsp3) is 0.278. The van der Waals surface area contributed by atoms with Gasteiger partial charge < -0.3 is 10.2 Å². The zero-order valence-corrected chi connectivity index (χ0v) is 28.7. The topological polar surface area (TPSA) is 86.8 Å². The molecule has 0 aliphatic rings. The number of aryl methyl sites for hydroxylation is 2. The number of benzene rings is 4. The number of amides is 2. The molecule has 0 bridgehead atoms. The number of rotatable bonds is 13. The van der Waals surface area contributed by atoms with Gasteiger partial charge in [-0.1, -0.05) is 102 Å². The third kappa shape index (κ3) is 8.49. The van der Waals surface area contributed by atoms with Crippen LogP contribution in [0.1, 0.15) is 42.5 Å². The Morgan fingerprint density at radius 3 is 2.04 bits per heavy atom. The van der Waals surface area contributed by atoms with E-state index in [2.05, 4.69) is 5.32 Å². The van der Waals surface area contributed by atoms with Crippen molar-refractivity contribution >= 4 is 50.7 Å². The molecule has 0 aromatic heterocycles. The first-order valence-electron chi connectivity index (χ1n) is 15.1.